The lowest BCUT2D eigenvalue weighted by Gasteiger charge is -2.21. The van der Waals surface area contributed by atoms with E-state index in [1.165, 1.54) is 0 Å². The number of rotatable bonds is 4. The topological polar surface area (TPSA) is 69.6 Å². The van der Waals surface area contributed by atoms with Crippen molar-refractivity contribution >= 4 is 27.5 Å². The van der Waals surface area contributed by atoms with Crippen molar-refractivity contribution in [2.45, 2.75) is 31.5 Å². The number of fused-ring (bicyclic) bond motifs is 1. The van der Waals surface area contributed by atoms with Crippen molar-refractivity contribution in [1.29, 1.82) is 0 Å². The van der Waals surface area contributed by atoms with Gasteiger partial charge >= 0.3 is 0 Å². The molecule has 0 fully saturated rings. The van der Waals surface area contributed by atoms with E-state index in [9.17, 15) is 15.0 Å². The van der Waals surface area contributed by atoms with E-state index in [4.69, 9.17) is 0 Å². The van der Waals surface area contributed by atoms with Gasteiger partial charge in [-0.1, -0.05) is 28.1 Å². The monoisotopic (exact) mass is 313 g/mol. The van der Waals surface area contributed by atoms with Gasteiger partial charge in [0, 0.05) is 17.4 Å². The van der Waals surface area contributed by atoms with Gasteiger partial charge in [0.1, 0.15) is 6.10 Å². The summed E-state index contributed by atoms with van der Waals surface area (Å²) in [7, 11) is 0. The van der Waals surface area contributed by atoms with Crippen LogP contribution in [0.1, 0.15) is 30.1 Å². The van der Waals surface area contributed by atoms with Crippen LogP contribution in [0, 0.1) is 0 Å². The molecule has 1 aromatic carbocycles. The average Bonchev–Trinajstić information content (AvgIpc) is 2.37. The fourth-order valence-corrected chi connectivity index (χ4v) is 2.55. The van der Waals surface area contributed by atoms with Crippen molar-refractivity contribution in [3.05, 3.63) is 29.3 Å². The number of anilines is 1. The van der Waals surface area contributed by atoms with Gasteiger partial charge in [0.2, 0.25) is 5.91 Å². The van der Waals surface area contributed by atoms with E-state index in [-0.39, 0.29) is 5.91 Å². The molecule has 0 aromatic heterocycles. The lowest BCUT2D eigenvalue weighted by molar-refractivity contribution is -0.116. The maximum Gasteiger partial charge on any atom is 0.224 e. The van der Waals surface area contributed by atoms with Gasteiger partial charge in [-0.3, -0.25) is 4.79 Å². The molecular formula is C13H16BrNO3. The van der Waals surface area contributed by atoms with Gasteiger partial charge in [-0.15, -0.1) is 0 Å². The average molecular weight is 314 g/mol. The smallest absolute Gasteiger partial charge is 0.224 e. The Labute approximate surface area is 114 Å². The van der Waals surface area contributed by atoms with Crippen LogP contribution in [-0.4, -0.2) is 27.6 Å². The Morgan fingerprint density at radius 3 is 2.83 bits per heavy atom. The first-order valence-electron chi connectivity index (χ1n) is 5.96. The van der Waals surface area contributed by atoms with Crippen molar-refractivity contribution < 1.29 is 15.0 Å². The Morgan fingerprint density at radius 1 is 1.33 bits per heavy atom. The van der Waals surface area contributed by atoms with Gasteiger partial charge in [-0.25, -0.2) is 0 Å². The summed E-state index contributed by atoms with van der Waals surface area (Å²) in [6.07, 6.45) is -0.0204. The maximum atomic E-state index is 11.2. The molecule has 4 nitrogen and oxygen atoms in total. The number of aliphatic hydroxyl groups excluding tert-OH is 2. The highest BCUT2D eigenvalue weighted by atomic mass is 79.9. The highest BCUT2D eigenvalue weighted by Crippen LogP contribution is 2.28. The second-order valence-electron chi connectivity index (χ2n) is 4.45. The molecule has 3 N–H and O–H groups in total. The predicted molar refractivity (Wildman–Crippen MR) is 72.8 cm³/mol. The number of nitrogens with one attached hydrogen (secondary N) is 1. The molecule has 0 aliphatic carbocycles. The summed E-state index contributed by atoms with van der Waals surface area (Å²) < 4.78 is 0. The second-order valence-corrected chi connectivity index (χ2v) is 5.25. The third-order valence-electron chi connectivity index (χ3n) is 3.14. The van der Waals surface area contributed by atoms with Gasteiger partial charge in [0.25, 0.3) is 0 Å². The Kier molecular flexibility index (Phi) is 4.37. The minimum absolute atomic E-state index is 0.0233. The van der Waals surface area contributed by atoms with Gasteiger partial charge in [-0.2, -0.15) is 0 Å². The second kappa shape index (κ2) is 5.82. The Balaban J connectivity index is 2.18. The van der Waals surface area contributed by atoms with Crippen LogP contribution in [0.5, 0.6) is 0 Å². The fraction of sp³-hybridized carbons (Fsp3) is 0.462. The zero-order chi connectivity index (χ0) is 13.1. The van der Waals surface area contributed by atoms with E-state index in [1.54, 1.807) is 12.1 Å². The van der Waals surface area contributed by atoms with Gasteiger partial charge < -0.3 is 15.5 Å². The summed E-state index contributed by atoms with van der Waals surface area (Å²) >= 11 is 3.24. The summed E-state index contributed by atoms with van der Waals surface area (Å²) in [5.41, 5.74) is 2.51. The van der Waals surface area contributed by atoms with Gasteiger partial charge in [0.05, 0.1) is 6.10 Å². The molecule has 1 aliphatic rings. The zero-order valence-corrected chi connectivity index (χ0v) is 11.5. The molecule has 0 radical (unpaired) electrons. The molecule has 1 heterocycles. The first kappa shape index (κ1) is 13.5. The van der Waals surface area contributed by atoms with Gasteiger partial charge in [0.15, 0.2) is 0 Å². The number of carbonyl (C=O) groups is 1. The molecule has 2 unspecified atom stereocenters. The van der Waals surface area contributed by atoms with Crippen LogP contribution in [0.15, 0.2) is 18.2 Å². The third kappa shape index (κ3) is 2.91. The summed E-state index contributed by atoms with van der Waals surface area (Å²) in [6, 6.07) is 5.38. The lowest BCUT2D eigenvalue weighted by atomic mass is 9.96. The number of halogens is 1. The van der Waals surface area contributed by atoms with Crippen molar-refractivity contribution in [2.75, 3.05) is 10.6 Å². The standard InChI is InChI=1S/C13H16BrNO3/c14-6-5-11(16)13(18)9-1-3-10-8(7-9)2-4-12(17)15-10/h1,3,7,11,13,16,18H,2,4-6H2,(H,15,17). The van der Waals surface area contributed by atoms with Crippen molar-refractivity contribution in [3.8, 4) is 0 Å². The first-order valence-corrected chi connectivity index (χ1v) is 7.08. The van der Waals surface area contributed by atoms with Crippen LogP contribution in [0.25, 0.3) is 0 Å². The number of aliphatic hydroxyl groups is 2. The number of hydrogen-bond donors (Lipinski definition) is 3. The van der Waals surface area contributed by atoms with Crippen molar-refractivity contribution in [1.82, 2.24) is 0 Å². The van der Waals surface area contributed by atoms with Gasteiger partial charge in [-0.05, 0) is 30.0 Å². The SMILES string of the molecule is O=C1CCc2cc(C(O)C(O)CCBr)ccc2N1. The Hall–Kier alpha value is -0.910. The molecule has 0 saturated heterocycles. The van der Waals surface area contributed by atoms with Crippen LogP contribution >= 0.6 is 15.9 Å². The molecule has 2 rings (SSSR count). The third-order valence-corrected chi connectivity index (χ3v) is 3.59. The van der Waals surface area contributed by atoms with E-state index in [2.05, 4.69) is 21.2 Å². The number of alkyl halides is 1. The molecule has 5 heteroatoms. The molecule has 0 saturated carbocycles. The molecule has 18 heavy (non-hydrogen) atoms. The molecule has 1 aliphatic heterocycles. The predicted octanol–water partition coefficient (Wildman–Crippen LogP) is 1.75. The summed E-state index contributed by atoms with van der Waals surface area (Å²) in [5.74, 6) is 0.0233. The number of carbonyl (C=O) groups excluding carboxylic acids is 1. The van der Waals surface area contributed by atoms with E-state index in [1.807, 2.05) is 6.07 Å². The number of benzene rings is 1. The minimum Gasteiger partial charge on any atom is -0.390 e. The first-order chi connectivity index (χ1) is 8.61. The molecular weight excluding hydrogens is 298 g/mol. The van der Waals surface area contributed by atoms with Crippen LogP contribution in [0.2, 0.25) is 0 Å². The number of hydrogen-bond acceptors (Lipinski definition) is 3. The normalized spacial score (nSPS) is 17.8. The fourth-order valence-electron chi connectivity index (χ4n) is 2.08. The molecule has 1 aromatic rings. The highest BCUT2D eigenvalue weighted by Gasteiger charge is 2.20. The van der Waals surface area contributed by atoms with Crippen molar-refractivity contribution in [3.63, 3.8) is 0 Å². The zero-order valence-electron chi connectivity index (χ0n) is 9.90. The lowest BCUT2D eigenvalue weighted by Crippen LogP contribution is -2.21. The largest absolute Gasteiger partial charge is 0.390 e. The molecule has 0 spiro atoms. The molecule has 98 valence electrons. The maximum absolute atomic E-state index is 11.2. The van der Waals surface area contributed by atoms with Crippen LogP contribution in [0.3, 0.4) is 0 Å². The number of aryl methyl sites for hydroxylation is 1. The molecule has 2 atom stereocenters. The van der Waals surface area contributed by atoms with Crippen LogP contribution in [0.4, 0.5) is 5.69 Å². The summed E-state index contributed by atoms with van der Waals surface area (Å²) in [4.78, 5) is 11.2. The van der Waals surface area contributed by atoms with E-state index < -0.39 is 12.2 Å². The Bertz CT molecular complexity index is 450. The van der Waals surface area contributed by atoms with E-state index >= 15 is 0 Å². The Morgan fingerprint density at radius 2 is 2.11 bits per heavy atom. The van der Waals surface area contributed by atoms with E-state index in [0.717, 1.165) is 11.3 Å². The number of amides is 1. The quantitative estimate of drug-likeness (QED) is 0.742. The van der Waals surface area contributed by atoms with Crippen molar-refractivity contribution in [2.24, 2.45) is 0 Å². The summed E-state index contributed by atoms with van der Waals surface area (Å²) in [6.45, 7) is 0. The molecule has 1 amide bonds. The minimum atomic E-state index is -0.884. The van der Waals surface area contributed by atoms with E-state index in [0.29, 0.717) is 30.2 Å². The highest BCUT2D eigenvalue weighted by molar-refractivity contribution is 9.09. The van der Waals surface area contributed by atoms with Crippen LogP contribution < -0.4 is 5.32 Å². The summed E-state index contributed by atoms with van der Waals surface area (Å²) in [5, 5.41) is 23.2. The molecule has 0 bridgehead atoms. The van der Waals surface area contributed by atoms with Crippen LogP contribution in [-0.2, 0) is 11.2 Å².